The van der Waals surface area contributed by atoms with Crippen LogP contribution in [-0.4, -0.2) is 18.3 Å². The molecule has 1 aliphatic heterocycles. The molecule has 0 spiro atoms. The van der Waals surface area contributed by atoms with E-state index in [4.69, 9.17) is 20.9 Å². The van der Waals surface area contributed by atoms with E-state index in [9.17, 15) is 13.2 Å². The molecule has 1 aliphatic rings. The lowest BCUT2D eigenvalue weighted by Crippen LogP contribution is -2.41. The molecule has 2 rings (SSSR count). The molecular weight excluding hydrogens is 291 g/mol. The van der Waals surface area contributed by atoms with Gasteiger partial charge < -0.3 is 9.31 Å². The third-order valence-corrected chi connectivity index (χ3v) is 4.15. The zero-order valence-corrected chi connectivity index (χ0v) is 12.4. The Morgan fingerprint density at radius 1 is 1.05 bits per heavy atom. The van der Waals surface area contributed by atoms with Gasteiger partial charge in [-0.15, -0.1) is 0 Å². The Kier molecular flexibility index (Phi) is 3.64. The predicted octanol–water partition coefficient (Wildman–Crippen LogP) is 3.66. The van der Waals surface area contributed by atoms with Crippen molar-refractivity contribution in [3.05, 3.63) is 28.8 Å². The summed E-state index contributed by atoms with van der Waals surface area (Å²) in [6, 6.07) is 3.99. The highest BCUT2D eigenvalue weighted by Crippen LogP contribution is 2.39. The Morgan fingerprint density at radius 3 is 2.00 bits per heavy atom. The summed E-state index contributed by atoms with van der Waals surface area (Å²) in [7, 11) is -1.09. The first kappa shape index (κ1) is 15.7. The van der Waals surface area contributed by atoms with Crippen LogP contribution in [-0.2, 0) is 15.5 Å². The van der Waals surface area contributed by atoms with E-state index in [2.05, 4.69) is 0 Å². The van der Waals surface area contributed by atoms with Crippen LogP contribution >= 0.6 is 11.6 Å². The molecular formula is C13H15BClF3O2. The van der Waals surface area contributed by atoms with Crippen LogP contribution in [0.5, 0.6) is 0 Å². The van der Waals surface area contributed by atoms with Crippen molar-refractivity contribution in [3.63, 3.8) is 0 Å². The van der Waals surface area contributed by atoms with Gasteiger partial charge in [0.05, 0.1) is 21.8 Å². The van der Waals surface area contributed by atoms with Gasteiger partial charge in [0, 0.05) is 0 Å². The van der Waals surface area contributed by atoms with E-state index in [1.165, 1.54) is 18.2 Å². The van der Waals surface area contributed by atoms with Crippen LogP contribution in [0.1, 0.15) is 33.3 Å². The molecule has 0 unspecified atom stereocenters. The molecule has 1 aromatic carbocycles. The normalized spacial score (nSPS) is 21.3. The van der Waals surface area contributed by atoms with Gasteiger partial charge in [0.1, 0.15) is 0 Å². The first-order valence-electron chi connectivity index (χ1n) is 6.17. The van der Waals surface area contributed by atoms with E-state index in [1.54, 1.807) is 27.7 Å². The van der Waals surface area contributed by atoms with Crippen molar-refractivity contribution in [1.82, 2.24) is 0 Å². The lowest BCUT2D eigenvalue weighted by molar-refractivity contribution is -0.136. The van der Waals surface area contributed by atoms with E-state index >= 15 is 0 Å². The second-order valence-electron chi connectivity index (χ2n) is 5.79. The number of rotatable bonds is 1. The second-order valence-corrected chi connectivity index (χ2v) is 6.20. The van der Waals surface area contributed by atoms with Crippen molar-refractivity contribution in [2.24, 2.45) is 0 Å². The largest absolute Gasteiger partial charge is 0.495 e. The Balaban J connectivity index is 2.49. The fourth-order valence-corrected chi connectivity index (χ4v) is 2.30. The highest BCUT2D eigenvalue weighted by atomic mass is 35.5. The Hall–Kier alpha value is -0.715. The fraction of sp³-hybridized carbons (Fsp3) is 0.538. The van der Waals surface area contributed by atoms with Gasteiger partial charge in [-0.25, -0.2) is 0 Å². The SMILES string of the molecule is CC1(C)OB(c2cccc(Cl)c2C(F)(F)F)OC1(C)C. The summed E-state index contributed by atoms with van der Waals surface area (Å²) in [6.07, 6.45) is -4.56. The van der Waals surface area contributed by atoms with Crippen LogP contribution in [0.3, 0.4) is 0 Å². The number of halogens is 4. The van der Waals surface area contributed by atoms with E-state index in [0.29, 0.717) is 0 Å². The average molecular weight is 307 g/mol. The van der Waals surface area contributed by atoms with Gasteiger partial charge in [-0.2, -0.15) is 13.2 Å². The molecule has 0 radical (unpaired) electrons. The standard InChI is InChI=1S/C13H15BClF3O2/c1-11(2)12(3,4)20-14(19-11)8-6-5-7-9(15)10(8)13(16,17)18/h5-7H,1-4H3. The Bertz CT molecular complexity index is 513. The van der Waals surface area contributed by atoms with Crippen molar-refractivity contribution in [2.45, 2.75) is 45.1 Å². The predicted molar refractivity (Wildman–Crippen MR) is 72.2 cm³/mol. The highest BCUT2D eigenvalue weighted by molar-refractivity contribution is 6.63. The topological polar surface area (TPSA) is 18.5 Å². The van der Waals surface area contributed by atoms with Gasteiger partial charge in [0.15, 0.2) is 0 Å². The fourth-order valence-electron chi connectivity index (χ4n) is 2.01. The van der Waals surface area contributed by atoms with E-state index < -0.39 is 30.1 Å². The van der Waals surface area contributed by atoms with E-state index in [0.717, 1.165) is 0 Å². The van der Waals surface area contributed by atoms with Gasteiger partial charge in [0.2, 0.25) is 0 Å². The summed E-state index contributed by atoms with van der Waals surface area (Å²) >= 11 is 5.70. The van der Waals surface area contributed by atoms with Gasteiger partial charge in [0.25, 0.3) is 0 Å². The minimum atomic E-state index is -4.56. The molecule has 0 saturated carbocycles. The molecule has 1 fully saturated rings. The van der Waals surface area contributed by atoms with Gasteiger partial charge >= 0.3 is 13.3 Å². The molecule has 110 valence electrons. The molecule has 0 amide bonds. The van der Waals surface area contributed by atoms with E-state index in [1.807, 2.05) is 0 Å². The monoisotopic (exact) mass is 306 g/mol. The minimum Gasteiger partial charge on any atom is -0.399 e. The van der Waals surface area contributed by atoms with Crippen LogP contribution in [0.2, 0.25) is 5.02 Å². The van der Waals surface area contributed by atoms with Crippen molar-refractivity contribution < 1.29 is 22.5 Å². The zero-order chi connectivity index (χ0) is 15.3. The Labute approximate surface area is 121 Å². The van der Waals surface area contributed by atoms with Crippen LogP contribution in [0.15, 0.2) is 18.2 Å². The molecule has 0 N–H and O–H groups in total. The van der Waals surface area contributed by atoms with Gasteiger partial charge in [-0.05, 0) is 39.2 Å². The molecule has 20 heavy (non-hydrogen) atoms. The van der Waals surface area contributed by atoms with Crippen molar-refractivity contribution in [1.29, 1.82) is 0 Å². The van der Waals surface area contributed by atoms with Crippen LogP contribution < -0.4 is 5.46 Å². The molecule has 0 aromatic heterocycles. The van der Waals surface area contributed by atoms with Crippen LogP contribution in [0.25, 0.3) is 0 Å². The maximum Gasteiger partial charge on any atom is 0.495 e. The van der Waals surface area contributed by atoms with Gasteiger partial charge in [-0.3, -0.25) is 0 Å². The van der Waals surface area contributed by atoms with Crippen molar-refractivity contribution >= 4 is 24.2 Å². The summed E-state index contributed by atoms with van der Waals surface area (Å²) in [5, 5.41) is -0.357. The summed E-state index contributed by atoms with van der Waals surface area (Å²) in [6.45, 7) is 7.13. The average Bonchev–Trinajstić information content (AvgIpc) is 2.46. The Morgan fingerprint density at radius 2 is 1.55 bits per heavy atom. The number of alkyl halides is 3. The van der Waals surface area contributed by atoms with Gasteiger partial charge in [-0.1, -0.05) is 23.7 Å². The lowest BCUT2D eigenvalue weighted by Gasteiger charge is -2.32. The van der Waals surface area contributed by atoms with Crippen LogP contribution in [0, 0.1) is 0 Å². The zero-order valence-electron chi connectivity index (χ0n) is 11.6. The molecule has 0 aliphatic carbocycles. The third kappa shape index (κ3) is 2.56. The number of benzene rings is 1. The summed E-state index contributed by atoms with van der Waals surface area (Å²) in [5.41, 5.74) is -2.41. The number of hydrogen-bond acceptors (Lipinski definition) is 2. The van der Waals surface area contributed by atoms with Crippen LogP contribution in [0.4, 0.5) is 13.2 Å². The molecule has 1 aromatic rings. The quantitative estimate of drug-likeness (QED) is 0.737. The molecule has 0 atom stereocenters. The number of hydrogen-bond donors (Lipinski definition) is 0. The molecule has 2 nitrogen and oxygen atoms in total. The molecule has 7 heteroatoms. The third-order valence-electron chi connectivity index (χ3n) is 3.84. The van der Waals surface area contributed by atoms with Crippen molar-refractivity contribution in [3.8, 4) is 0 Å². The second kappa shape index (κ2) is 4.65. The maximum absolute atomic E-state index is 13.2. The molecule has 0 bridgehead atoms. The summed E-state index contributed by atoms with van der Waals surface area (Å²) in [5.74, 6) is 0. The smallest absolute Gasteiger partial charge is 0.399 e. The summed E-state index contributed by atoms with van der Waals surface area (Å²) in [4.78, 5) is 0. The highest BCUT2D eigenvalue weighted by Gasteiger charge is 2.54. The van der Waals surface area contributed by atoms with E-state index in [-0.39, 0.29) is 10.5 Å². The first-order valence-corrected chi connectivity index (χ1v) is 6.55. The molecule has 1 heterocycles. The minimum absolute atomic E-state index is 0.0938. The first-order chi connectivity index (χ1) is 8.96. The summed E-state index contributed by atoms with van der Waals surface area (Å²) < 4.78 is 50.8. The van der Waals surface area contributed by atoms with Crippen molar-refractivity contribution in [2.75, 3.05) is 0 Å². The molecule has 1 saturated heterocycles. The lowest BCUT2D eigenvalue weighted by atomic mass is 9.75. The maximum atomic E-state index is 13.2.